The second-order valence-electron chi connectivity index (χ2n) is 10.9. The molecule has 0 heterocycles. The fourth-order valence-electron chi connectivity index (χ4n) is 3.94. The Kier molecular flexibility index (Phi) is 8.20. The number of carbonyl (C=O) groups is 3. The van der Waals surface area contributed by atoms with Crippen LogP contribution in [0.15, 0.2) is 48.5 Å². The van der Waals surface area contributed by atoms with Crippen molar-refractivity contribution in [3.8, 4) is 11.1 Å². The van der Waals surface area contributed by atoms with Crippen molar-refractivity contribution >= 4 is 18.0 Å². The van der Waals surface area contributed by atoms with E-state index in [-0.39, 0.29) is 24.3 Å². The lowest BCUT2D eigenvalue weighted by molar-refractivity contribution is -0.140. The van der Waals surface area contributed by atoms with E-state index in [0.717, 1.165) is 35.1 Å². The average molecular weight is 481 g/mol. The topological polar surface area (TPSA) is 105 Å². The minimum atomic E-state index is -1.27. The summed E-state index contributed by atoms with van der Waals surface area (Å²) in [6, 6.07) is 13.9. The van der Waals surface area contributed by atoms with E-state index in [2.05, 4.69) is 38.3 Å². The summed E-state index contributed by atoms with van der Waals surface area (Å²) in [4.78, 5) is 35.9. The number of fused-ring (bicyclic) bond motifs is 3. The molecule has 2 atom stereocenters. The van der Waals surface area contributed by atoms with Gasteiger partial charge in [-0.2, -0.15) is 0 Å². The minimum Gasteiger partial charge on any atom is -0.480 e. The molecule has 2 aliphatic rings. The molecule has 0 aliphatic heterocycles. The molecule has 1 fully saturated rings. The first-order valence-corrected chi connectivity index (χ1v) is 12.1. The quantitative estimate of drug-likeness (QED) is 0.520. The predicted molar refractivity (Wildman–Crippen MR) is 135 cm³/mol. The van der Waals surface area contributed by atoms with Crippen molar-refractivity contribution in [1.82, 2.24) is 10.6 Å². The van der Waals surface area contributed by atoms with Gasteiger partial charge >= 0.3 is 12.1 Å². The number of ether oxygens (including phenoxy) is 1. The minimum absolute atomic E-state index is 0.0450. The SMILES string of the molecule is CC(C)(C)C.CC(NC(=O)C1CC1)C(NC(=O)OCC1c2ccccc2-c2ccccc21)C(=O)O. The van der Waals surface area contributed by atoms with Gasteiger partial charge in [0.15, 0.2) is 0 Å². The van der Waals surface area contributed by atoms with Crippen molar-refractivity contribution in [2.24, 2.45) is 11.3 Å². The third-order valence-electron chi connectivity index (χ3n) is 5.70. The van der Waals surface area contributed by atoms with Crippen LogP contribution >= 0.6 is 0 Å². The van der Waals surface area contributed by atoms with Crippen LogP contribution < -0.4 is 10.6 Å². The zero-order valence-corrected chi connectivity index (χ0v) is 21.1. The Morgan fingerprint density at radius 2 is 1.43 bits per heavy atom. The summed E-state index contributed by atoms with van der Waals surface area (Å²) in [5.74, 6) is -1.56. The zero-order valence-electron chi connectivity index (χ0n) is 21.1. The van der Waals surface area contributed by atoms with E-state index in [1.165, 1.54) is 0 Å². The average Bonchev–Trinajstić information content (AvgIpc) is 3.58. The summed E-state index contributed by atoms with van der Waals surface area (Å²) in [5, 5.41) is 14.5. The Morgan fingerprint density at radius 1 is 0.943 bits per heavy atom. The van der Waals surface area contributed by atoms with Crippen LogP contribution in [0.1, 0.15) is 64.5 Å². The van der Waals surface area contributed by atoms with Gasteiger partial charge in [-0.15, -0.1) is 0 Å². The van der Waals surface area contributed by atoms with E-state index in [1.807, 2.05) is 48.5 Å². The highest BCUT2D eigenvalue weighted by molar-refractivity contribution is 5.84. The second kappa shape index (κ2) is 10.9. The highest BCUT2D eigenvalue weighted by Gasteiger charge is 2.35. The van der Waals surface area contributed by atoms with Crippen LogP contribution in [0, 0.1) is 11.3 Å². The largest absolute Gasteiger partial charge is 0.480 e. The summed E-state index contributed by atoms with van der Waals surface area (Å²) in [7, 11) is 0. The fraction of sp³-hybridized carbons (Fsp3) is 0.464. The van der Waals surface area contributed by atoms with Crippen LogP contribution in [0.3, 0.4) is 0 Å². The molecule has 4 rings (SSSR count). The van der Waals surface area contributed by atoms with Crippen molar-refractivity contribution in [2.75, 3.05) is 6.61 Å². The second-order valence-corrected chi connectivity index (χ2v) is 10.9. The number of carboxylic acids is 1. The van der Waals surface area contributed by atoms with Crippen LogP contribution in [0.25, 0.3) is 11.1 Å². The van der Waals surface area contributed by atoms with E-state index in [4.69, 9.17) is 4.74 Å². The summed E-state index contributed by atoms with van der Waals surface area (Å²) < 4.78 is 5.41. The number of hydrogen-bond acceptors (Lipinski definition) is 4. The van der Waals surface area contributed by atoms with Crippen LogP contribution in [0.5, 0.6) is 0 Å². The molecular weight excluding hydrogens is 444 g/mol. The molecule has 35 heavy (non-hydrogen) atoms. The first-order valence-electron chi connectivity index (χ1n) is 12.1. The fourth-order valence-corrected chi connectivity index (χ4v) is 3.94. The third kappa shape index (κ3) is 7.31. The van der Waals surface area contributed by atoms with Crippen LogP contribution in [-0.4, -0.2) is 41.8 Å². The summed E-state index contributed by atoms with van der Waals surface area (Å²) in [6.45, 7) is 10.4. The van der Waals surface area contributed by atoms with Gasteiger partial charge in [-0.25, -0.2) is 9.59 Å². The number of carboxylic acid groups (broad SMARTS) is 1. The molecule has 2 aromatic carbocycles. The first kappa shape index (κ1) is 26.3. The summed E-state index contributed by atoms with van der Waals surface area (Å²) >= 11 is 0. The molecule has 7 nitrogen and oxygen atoms in total. The number of carbonyl (C=O) groups excluding carboxylic acids is 2. The Bertz CT molecular complexity index is 1020. The van der Waals surface area contributed by atoms with Crippen LogP contribution in [0.2, 0.25) is 0 Å². The lowest BCUT2D eigenvalue weighted by Gasteiger charge is -2.23. The van der Waals surface area contributed by atoms with E-state index in [9.17, 15) is 19.5 Å². The number of nitrogens with one attached hydrogen (secondary N) is 2. The van der Waals surface area contributed by atoms with Gasteiger partial charge in [0.2, 0.25) is 5.91 Å². The zero-order chi connectivity index (χ0) is 25.8. The maximum absolute atomic E-state index is 12.4. The van der Waals surface area contributed by atoms with Gasteiger partial charge in [-0.1, -0.05) is 76.2 Å². The van der Waals surface area contributed by atoms with Crippen molar-refractivity contribution in [1.29, 1.82) is 0 Å². The third-order valence-corrected chi connectivity index (χ3v) is 5.70. The number of benzene rings is 2. The lowest BCUT2D eigenvalue weighted by atomic mass is 9.98. The van der Waals surface area contributed by atoms with Gasteiger partial charge in [-0.3, -0.25) is 4.79 Å². The molecule has 188 valence electrons. The Labute approximate surface area is 207 Å². The molecule has 2 aliphatic carbocycles. The van der Waals surface area contributed by atoms with Crippen molar-refractivity contribution < 1.29 is 24.2 Å². The molecule has 7 heteroatoms. The summed E-state index contributed by atoms with van der Waals surface area (Å²) in [5.41, 5.74) is 4.88. The van der Waals surface area contributed by atoms with Gasteiger partial charge < -0.3 is 20.5 Å². The molecule has 0 aromatic heterocycles. The molecule has 2 unspecified atom stereocenters. The van der Waals surface area contributed by atoms with Crippen molar-refractivity contribution in [3.05, 3.63) is 59.7 Å². The van der Waals surface area contributed by atoms with Gasteiger partial charge in [-0.05, 0) is 47.4 Å². The van der Waals surface area contributed by atoms with Crippen molar-refractivity contribution in [3.63, 3.8) is 0 Å². The molecule has 0 spiro atoms. The first-order chi connectivity index (χ1) is 16.5. The summed E-state index contributed by atoms with van der Waals surface area (Å²) in [6.07, 6.45) is 0.809. The Morgan fingerprint density at radius 3 is 1.89 bits per heavy atom. The number of amides is 2. The number of alkyl carbamates (subject to hydrolysis) is 1. The normalized spacial score (nSPS) is 16.0. The number of hydrogen-bond donors (Lipinski definition) is 3. The van der Waals surface area contributed by atoms with Gasteiger partial charge in [0.25, 0.3) is 0 Å². The van der Waals surface area contributed by atoms with E-state index in [1.54, 1.807) is 6.92 Å². The Balaban J connectivity index is 0.000000623. The number of rotatable bonds is 7. The highest BCUT2D eigenvalue weighted by atomic mass is 16.5. The molecule has 0 saturated heterocycles. The van der Waals surface area contributed by atoms with Crippen LogP contribution in [0.4, 0.5) is 4.79 Å². The van der Waals surface area contributed by atoms with Crippen molar-refractivity contribution in [2.45, 2.75) is 65.5 Å². The van der Waals surface area contributed by atoms with E-state index < -0.39 is 24.1 Å². The maximum Gasteiger partial charge on any atom is 0.407 e. The molecule has 2 aromatic rings. The standard InChI is InChI=1S/C23H24N2O5.C5H12/c1-13(24-21(26)14-10-11-14)20(22(27)28)25-23(29)30-12-19-17-8-4-2-6-15(17)16-7-3-5-9-18(16)19;1-5(2,3)4/h2-9,13-14,19-20H,10-12H2,1H3,(H,24,26)(H,25,29)(H,27,28);1-4H3. The highest BCUT2D eigenvalue weighted by Crippen LogP contribution is 2.44. The van der Waals surface area contributed by atoms with Gasteiger partial charge in [0.05, 0.1) is 6.04 Å². The molecule has 2 amide bonds. The molecule has 3 N–H and O–H groups in total. The van der Waals surface area contributed by atoms with Crippen LogP contribution in [-0.2, 0) is 14.3 Å². The number of aliphatic carboxylic acids is 1. The monoisotopic (exact) mass is 480 g/mol. The molecule has 0 radical (unpaired) electrons. The maximum atomic E-state index is 12.4. The predicted octanol–water partition coefficient (Wildman–Crippen LogP) is 4.95. The Hall–Kier alpha value is -3.35. The molecule has 1 saturated carbocycles. The van der Waals surface area contributed by atoms with Gasteiger partial charge in [0, 0.05) is 11.8 Å². The smallest absolute Gasteiger partial charge is 0.407 e. The van der Waals surface area contributed by atoms with Gasteiger partial charge in [0.1, 0.15) is 12.6 Å². The van der Waals surface area contributed by atoms with E-state index in [0.29, 0.717) is 5.41 Å². The molecular formula is C28H36N2O5. The van der Waals surface area contributed by atoms with E-state index >= 15 is 0 Å². The lowest BCUT2D eigenvalue weighted by Crippen LogP contribution is -2.54. The molecule has 0 bridgehead atoms.